The van der Waals surface area contributed by atoms with E-state index in [2.05, 4.69) is 15.3 Å². The zero-order valence-electron chi connectivity index (χ0n) is 15.5. The molecule has 2 heterocycles. The van der Waals surface area contributed by atoms with E-state index >= 15 is 0 Å². The number of aromatic nitrogens is 2. The smallest absolute Gasteiger partial charge is 0.342 e. The van der Waals surface area contributed by atoms with Crippen molar-refractivity contribution in [3.8, 4) is 11.5 Å². The van der Waals surface area contributed by atoms with Crippen molar-refractivity contribution in [2.45, 2.75) is 30.7 Å². The number of aryl methyl sites for hydroxylation is 1. The van der Waals surface area contributed by atoms with E-state index in [-0.39, 0.29) is 18.5 Å². The van der Waals surface area contributed by atoms with E-state index in [0.29, 0.717) is 39.4 Å². The first-order chi connectivity index (χ1) is 13.5. The van der Waals surface area contributed by atoms with Gasteiger partial charge in [0.25, 0.3) is 0 Å². The largest absolute Gasteiger partial charge is 0.465 e. The number of esters is 1. The van der Waals surface area contributed by atoms with Crippen molar-refractivity contribution in [3.05, 3.63) is 35.3 Å². The van der Waals surface area contributed by atoms with Crippen molar-refractivity contribution in [1.82, 2.24) is 9.97 Å². The van der Waals surface area contributed by atoms with Gasteiger partial charge in [0, 0.05) is 17.7 Å². The molecule has 1 fully saturated rings. The monoisotopic (exact) mass is 401 g/mol. The summed E-state index contributed by atoms with van der Waals surface area (Å²) >= 11 is 1.20. The van der Waals surface area contributed by atoms with Gasteiger partial charge in [0.15, 0.2) is 11.5 Å². The minimum atomic E-state index is -0.501. The molecule has 0 bridgehead atoms. The number of nitrogens with one attached hydrogen (secondary N) is 1. The number of fused-ring (bicyclic) bond motifs is 1. The fourth-order valence-corrected chi connectivity index (χ4v) is 3.71. The van der Waals surface area contributed by atoms with Gasteiger partial charge in [-0.2, -0.15) is 0 Å². The van der Waals surface area contributed by atoms with E-state index in [1.165, 1.54) is 18.9 Å². The standard InChI is InChI=1S/C19H19N3O5S/c1-10-16(19(24)25-2)18(22-17(20-10)11-3-4-11)28-8-15(23)21-12-5-6-13-14(7-12)27-9-26-13/h5-7,11H,3-4,8-9H2,1-2H3,(H,21,23). The highest BCUT2D eigenvalue weighted by atomic mass is 32.2. The molecule has 1 aliphatic carbocycles. The second-order valence-corrected chi connectivity index (χ2v) is 7.48. The first kappa shape index (κ1) is 18.5. The van der Waals surface area contributed by atoms with E-state index in [4.69, 9.17) is 14.2 Å². The van der Waals surface area contributed by atoms with Crippen LogP contribution in [0.4, 0.5) is 5.69 Å². The first-order valence-corrected chi connectivity index (χ1v) is 9.83. The summed E-state index contributed by atoms with van der Waals surface area (Å²) in [5.74, 6) is 1.69. The highest BCUT2D eigenvalue weighted by molar-refractivity contribution is 8.00. The van der Waals surface area contributed by atoms with Crippen molar-refractivity contribution >= 4 is 29.3 Å². The molecule has 2 aromatic rings. The fourth-order valence-electron chi connectivity index (χ4n) is 2.84. The molecule has 1 amide bonds. The molecular formula is C19H19N3O5S. The van der Waals surface area contributed by atoms with E-state index in [9.17, 15) is 9.59 Å². The molecule has 0 radical (unpaired) electrons. The Kier molecular flexibility index (Phi) is 5.08. The van der Waals surface area contributed by atoms with Crippen LogP contribution in [0.2, 0.25) is 0 Å². The summed E-state index contributed by atoms with van der Waals surface area (Å²) in [5.41, 5.74) is 1.50. The Bertz CT molecular complexity index is 945. The van der Waals surface area contributed by atoms with Crippen LogP contribution in [-0.2, 0) is 9.53 Å². The molecular weight excluding hydrogens is 382 g/mol. The maximum Gasteiger partial charge on any atom is 0.342 e. The van der Waals surface area contributed by atoms with Gasteiger partial charge >= 0.3 is 5.97 Å². The van der Waals surface area contributed by atoms with Crippen LogP contribution in [0.1, 0.15) is 40.6 Å². The van der Waals surface area contributed by atoms with Crippen LogP contribution in [0.15, 0.2) is 23.2 Å². The number of carbonyl (C=O) groups is 2. The lowest BCUT2D eigenvalue weighted by molar-refractivity contribution is -0.113. The van der Waals surface area contributed by atoms with Gasteiger partial charge in [-0.05, 0) is 31.9 Å². The molecule has 146 valence electrons. The van der Waals surface area contributed by atoms with Gasteiger partial charge in [0.1, 0.15) is 16.4 Å². The lowest BCUT2D eigenvalue weighted by Crippen LogP contribution is -2.16. The molecule has 8 nitrogen and oxygen atoms in total. The van der Waals surface area contributed by atoms with Crippen LogP contribution in [0.3, 0.4) is 0 Å². The predicted octanol–water partition coefficient (Wildman–Crippen LogP) is 2.91. The fraction of sp³-hybridized carbons (Fsp3) is 0.368. The highest BCUT2D eigenvalue weighted by Gasteiger charge is 2.30. The molecule has 1 aromatic carbocycles. The van der Waals surface area contributed by atoms with E-state index in [1.54, 1.807) is 25.1 Å². The lowest BCUT2D eigenvalue weighted by Gasteiger charge is -2.11. The second-order valence-electron chi connectivity index (χ2n) is 6.52. The molecule has 0 spiro atoms. The Morgan fingerprint density at radius 3 is 2.79 bits per heavy atom. The van der Waals surface area contributed by atoms with Crippen LogP contribution >= 0.6 is 11.8 Å². The molecule has 0 unspecified atom stereocenters. The van der Waals surface area contributed by atoms with Crippen LogP contribution in [0.5, 0.6) is 11.5 Å². The molecule has 1 aromatic heterocycles. The number of thioether (sulfide) groups is 1. The summed E-state index contributed by atoms with van der Waals surface area (Å²) in [6.45, 7) is 1.94. The average Bonchev–Trinajstić information content (AvgIpc) is 3.43. The number of nitrogens with zero attached hydrogens (tertiary/aromatic N) is 2. The third-order valence-corrected chi connectivity index (χ3v) is 5.38. The number of anilines is 1. The van der Waals surface area contributed by atoms with Crippen molar-refractivity contribution < 1.29 is 23.8 Å². The summed E-state index contributed by atoms with van der Waals surface area (Å²) in [7, 11) is 1.32. The molecule has 1 N–H and O–H groups in total. The summed E-state index contributed by atoms with van der Waals surface area (Å²) < 4.78 is 15.4. The zero-order valence-corrected chi connectivity index (χ0v) is 16.3. The number of carbonyl (C=O) groups excluding carboxylic acids is 2. The topological polar surface area (TPSA) is 99.6 Å². The zero-order chi connectivity index (χ0) is 19.7. The number of methoxy groups -OCH3 is 1. The Balaban J connectivity index is 1.47. The summed E-state index contributed by atoms with van der Waals surface area (Å²) in [5, 5.41) is 3.29. The van der Waals surface area contributed by atoms with Crippen molar-refractivity contribution in [1.29, 1.82) is 0 Å². The average molecular weight is 401 g/mol. The lowest BCUT2D eigenvalue weighted by atomic mass is 10.2. The van der Waals surface area contributed by atoms with Crippen molar-refractivity contribution in [2.24, 2.45) is 0 Å². The molecule has 28 heavy (non-hydrogen) atoms. The molecule has 0 atom stereocenters. The Hall–Kier alpha value is -2.81. The minimum absolute atomic E-state index is 0.0962. The van der Waals surface area contributed by atoms with Gasteiger partial charge in [-0.3, -0.25) is 4.79 Å². The first-order valence-electron chi connectivity index (χ1n) is 8.84. The Labute approximate surface area is 166 Å². The van der Waals surface area contributed by atoms with Gasteiger partial charge < -0.3 is 19.5 Å². The summed E-state index contributed by atoms with van der Waals surface area (Å²) in [6.07, 6.45) is 2.09. The molecule has 0 saturated heterocycles. The predicted molar refractivity (Wildman–Crippen MR) is 102 cm³/mol. The number of hydrogen-bond donors (Lipinski definition) is 1. The van der Waals surface area contributed by atoms with Gasteiger partial charge in [0.2, 0.25) is 12.7 Å². The Morgan fingerprint density at radius 1 is 1.25 bits per heavy atom. The van der Waals surface area contributed by atoms with E-state index in [1.807, 2.05) is 0 Å². The van der Waals surface area contributed by atoms with Crippen LogP contribution in [-0.4, -0.2) is 41.5 Å². The van der Waals surface area contributed by atoms with E-state index < -0.39 is 5.97 Å². The van der Waals surface area contributed by atoms with E-state index in [0.717, 1.165) is 18.7 Å². The molecule has 4 rings (SSSR count). The maximum absolute atomic E-state index is 12.4. The minimum Gasteiger partial charge on any atom is -0.465 e. The number of hydrogen-bond acceptors (Lipinski definition) is 8. The SMILES string of the molecule is COC(=O)c1c(C)nc(C2CC2)nc1SCC(=O)Nc1ccc2c(c1)OCO2. The van der Waals surface area contributed by atoms with Crippen LogP contribution in [0.25, 0.3) is 0 Å². The molecule has 1 saturated carbocycles. The van der Waals surface area contributed by atoms with Gasteiger partial charge in [-0.1, -0.05) is 11.8 Å². The molecule has 1 aliphatic heterocycles. The normalized spacial score (nSPS) is 14.6. The number of benzene rings is 1. The van der Waals surface area contributed by atoms with Crippen LogP contribution < -0.4 is 14.8 Å². The van der Waals surface area contributed by atoms with Gasteiger partial charge in [-0.25, -0.2) is 14.8 Å². The molecule has 9 heteroatoms. The highest BCUT2D eigenvalue weighted by Crippen LogP contribution is 2.39. The Morgan fingerprint density at radius 2 is 2.04 bits per heavy atom. The van der Waals surface area contributed by atoms with Crippen molar-refractivity contribution in [3.63, 3.8) is 0 Å². The third-order valence-electron chi connectivity index (χ3n) is 4.40. The molecule has 2 aliphatic rings. The quantitative estimate of drug-likeness (QED) is 0.448. The van der Waals surface area contributed by atoms with Gasteiger partial charge in [-0.15, -0.1) is 0 Å². The van der Waals surface area contributed by atoms with Crippen LogP contribution in [0, 0.1) is 6.92 Å². The second kappa shape index (κ2) is 7.67. The number of ether oxygens (including phenoxy) is 3. The summed E-state index contributed by atoms with van der Waals surface area (Å²) in [4.78, 5) is 33.5. The third kappa shape index (κ3) is 3.89. The maximum atomic E-state index is 12.4. The summed E-state index contributed by atoms with van der Waals surface area (Å²) in [6, 6.07) is 5.21. The van der Waals surface area contributed by atoms with Crippen molar-refractivity contribution in [2.75, 3.05) is 25.0 Å². The van der Waals surface area contributed by atoms with Gasteiger partial charge in [0.05, 0.1) is 18.6 Å². The number of amides is 1. The number of rotatable bonds is 6.